The maximum atomic E-state index is 12.1. The third-order valence-electron chi connectivity index (χ3n) is 4.18. The predicted octanol–water partition coefficient (Wildman–Crippen LogP) is 1.96. The summed E-state index contributed by atoms with van der Waals surface area (Å²) in [5.41, 5.74) is 14.8. The number of hydrogen-bond donors (Lipinski definition) is 3. The summed E-state index contributed by atoms with van der Waals surface area (Å²) in [6.45, 7) is 0. The number of nitrogens with one attached hydrogen (secondary N) is 1. The van der Waals surface area contributed by atoms with Gasteiger partial charge in [0.2, 0.25) is 5.91 Å². The van der Waals surface area contributed by atoms with Crippen molar-refractivity contribution in [2.24, 2.45) is 11.5 Å². The Balaban J connectivity index is 1.65. The first-order valence-electron chi connectivity index (χ1n) is 7.60. The summed E-state index contributed by atoms with van der Waals surface area (Å²) in [7, 11) is 0. The lowest BCUT2D eigenvalue weighted by Gasteiger charge is -2.33. The van der Waals surface area contributed by atoms with Gasteiger partial charge in [-0.3, -0.25) is 4.79 Å². The van der Waals surface area contributed by atoms with Crippen LogP contribution in [0.2, 0.25) is 0 Å². The monoisotopic (exact) mass is 295 g/mol. The molecule has 1 amide bonds. The fourth-order valence-electron chi connectivity index (χ4n) is 2.74. The van der Waals surface area contributed by atoms with Crippen LogP contribution in [-0.2, 0) is 4.79 Å². The van der Waals surface area contributed by atoms with Gasteiger partial charge in [0.05, 0.1) is 0 Å². The van der Waals surface area contributed by atoms with E-state index in [0.29, 0.717) is 0 Å². The number of carbonyl (C=O) groups is 1. The summed E-state index contributed by atoms with van der Waals surface area (Å²) < 4.78 is 0. The molecule has 1 saturated carbocycles. The van der Waals surface area contributed by atoms with Gasteiger partial charge in [0.25, 0.3) is 0 Å². The zero-order valence-electron chi connectivity index (χ0n) is 12.4. The molecule has 114 valence electrons. The Labute approximate surface area is 130 Å². The summed E-state index contributed by atoms with van der Waals surface area (Å²) >= 11 is 0. The molecule has 1 aliphatic carbocycles. The van der Waals surface area contributed by atoms with E-state index in [9.17, 15) is 4.79 Å². The molecule has 1 atom stereocenters. The van der Waals surface area contributed by atoms with Crippen molar-refractivity contribution in [2.75, 3.05) is 0 Å². The molecule has 0 saturated heterocycles. The van der Waals surface area contributed by atoms with Crippen LogP contribution in [0.5, 0.6) is 0 Å². The molecule has 0 spiro atoms. The molecule has 22 heavy (non-hydrogen) atoms. The van der Waals surface area contributed by atoms with Crippen LogP contribution in [-0.4, -0.2) is 18.0 Å². The Hall–Kier alpha value is -2.17. The van der Waals surface area contributed by atoms with Gasteiger partial charge in [-0.2, -0.15) is 0 Å². The first kappa shape index (κ1) is 14.8. The Morgan fingerprint density at radius 1 is 1.00 bits per heavy atom. The minimum atomic E-state index is -0.637. The number of carbonyl (C=O) groups excluding carboxylic acids is 1. The Bertz CT molecular complexity index is 633. The third-order valence-corrected chi connectivity index (χ3v) is 4.18. The van der Waals surface area contributed by atoms with E-state index in [0.717, 1.165) is 29.5 Å². The summed E-state index contributed by atoms with van der Waals surface area (Å²) in [6, 6.07) is 17.7. The number of benzene rings is 2. The van der Waals surface area contributed by atoms with Crippen molar-refractivity contribution < 1.29 is 4.79 Å². The molecule has 2 aromatic rings. The predicted molar refractivity (Wildman–Crippen MR) is 87.9 cm³/mol. The summed E-state index contributed by atoms with van der Waals surface area (Å²) in [5.74, 6) is -0.135. The number of rotatable bonds is 4. The van der Waals surface area contributed by atoms with Crippen molar-refractivity contribution in [3.05, 3.63) is 60.2 Å². The molecule has 0 heterocycles. The molecular formula is C18H21N3O. The smallest absolute Gasteiger partial charge is 0.241 e. The van der Waals surface area contributed by atoms with Crippen LogP contribution in [0.3, 0.4) is 0 Å². The summed E-state index contributed by atoms with van der Waals surface area (Å²) in [4.78, 5) is 12.1. The molecule has 1 fully saturated rings. The average Bonchev–Trinajstić information content (AvgIpc) is 2.53. The normalized spacial score (nSPS) is 21.7. The Morgan fingerprint density at radius 2 is 1.59 bits per heavy atom. The lowest BCUT2D eigenvalue weighted by molar-refractivity contribution is -0.123. The molecule has 4 heteroatoms. The highest BCUT2D eigenvalue weighted by Gasteiger charge is 2.28. The van der Waals surface area contributed by atoms with Crippen LogP contribution in [0, 0.1) is 0 Å². The lowest BCUT2D eigenvalue weighted by Crippen LogP contribution is -2.52. The summed E-state index contributed by atoms with van der Waals surface area (Å²) in [6.07, 6.45) is 1.68. The highest BCUT2D eigenvalue weighted by atomic mass is 16.2. The van der Waals surface area contributed by atoms with Crippen LogP contribution in [0.4, 0.5) is 0 Å². The molecule has 0 radical (unpaired) electrons. The molecule has 1 unspecified atom stereocenters. The Morgan fingerprint density at radius 3 is 2.18 bits per heavy atom. The molecule has 5 N–H and O–H groups in total. The second-order valence-electron chi connectivity index (χ2n) is 5.90. The first-order chi connectivity index (χ1) is 10.6. The fraction of sp³-hybridized carbons (Fsp3) is 0.278. The van der Waals surface area contributed by atoms with Gasteiger partial charge in [0.15, 0.2) is 0 Å². The number of hydrogen-bond acceptors (Lipinski definition) is 3. The van der Waals surface area contributed by atoms with Gasteiger partial charge in [0, 0.05) is 12.1 Å². The zero-order chi connectivity index (χ0) is 15.5. The molecule has 0 aromatic heterocycles. The van der Waals surface area contributed by atoms with E-state index in [1.165, 1.54) is 0 Å². The number of amides is 1. The molecule has 3 rings (SSSR count). The molecule has 0 aliphatic heterocycles. The van der Waals surface area contributed by atoms with Crippen LogP contribution >= 0.6 is 0 Å². The highest BCUT2D eigenvalue weighted by molar-refractivity contribution is 5.83. The van der Waals surface area contributed by atoms with Crippen molar-refractivity contribution in [1.82, 2.24) is 5.32 Å². The van der Waals surface area contributed by atoms with Gasteiger partial charge >= 0.3 is 0 Å². The maximum absolute atomic E-state index is 12.1. The molecule has 1 aliphatic rings. The van der Waals surface area contributed by atoms with E-state index in [1.807, 2.05) is 42.5 Å². The summed E-state index contributed by atoms with van der Waals surface area (Å²) in [5, 5.41) is 2.95. The Kier molecular flexibility index (Phi) is 4.22. The average molecular weight is 295 g/mol. The minimum absolute atomic E-state index is 0.135. The van der Waals surface area contributed by atoms with E-state index in [1.54, 1.807) is 0 Å². The highest BCUT2D eigenvalue weighted by Crippen LogP contribution is 2.22. The van der Waals surface area contributed by atoms with Gasteiger partial charge in [-0.15, -0.1) is 0 Å². The van der Waals surface area contributed by atoms with Gasteiger partial charge in [0.1, 0.15) is 6.04 Å². The zero-order valence-corrected chi connectivity index (χ0v) is 12.4. The standard InChI is InChI=1S/C18H21N3O/c19-15-10-16(11-15)21-18(22)17(20)14-8-6-13(7-9-14)12-4-2-1-3-5-12/h1-9,15-17H,10-11,19-20H2,(H,21,22). The van der Waals surface area contributed by atoms with Crippen molar-refractivity contribution in [1.29, 1.82) is 0 Å². The van der Waals surface area contributed by atoms with Crippen molar-refractivity contribution >= 4 is 5.91 Å². The molecule has 2 aromatic carbocycles. The van der Waals surface area contributed by atoms with Crippen LogP contribution in [0.25, 0.3) is 11.1 Å². The minimum Gasteiger partial charge on any atom is -0.352 e. The first-order valence-corrected chi connectivity index (χ1v) is 7.60. The molecule has 4 nitrogen and oxygen atoms in total. The van der Waals surface area contributed by atoms with E-state index in [4.69, 9.17) is 11.5 Å². The SMILES string of the molecule is NC1CC(NC(=O)C(N)c2ccc(-c3ccccc3)cc2)C1. The topological polar surface area (TPSA) is 81.1 Å². The fourth-order valence-corrected chi connectivity index (χ4v) is 2.74. The molecule has 0 bridgehead atoms. The second kappa shape index (κ2) is 6.30. The van der Waals surface area contributed by atoms with Crippen LogP contribution in [0.15, 0.2) is 54.6 Å². The van der Waals surface area contributed by atoms with E-state index < -0.39 is 6.04 Å². The van der Waals surface area contributed by atoms with E-state index in [2.05, 4.69) is 17.4 Å². The van der Waals surface area contributed by atoms with Gasteiger partial charge in [-0.25, -0.2) is 0 Å². The lowest BCUT2D eigenvalue weighted by atomic mass is 9.87. The van der Waals surface area contributed by atoms with Gasteiger partial charge in [-0.05, 0) is 29.5 Å². The molecular weight excluding hydrogens is 274 g/mol. The maximum Gasteiger partial charge on any atom is 0.241 e. The van der Waals surface area contributed by atoms with Crippen molar-refractivity contribution in [2.45, 2.75) is 31.0 Å². The largest absolute Gasteiger partial charge is 0.352 e. The van der Waals surface area contributed by atoms with E-state index in [-0.39, 0.29) is 18.0 Å². The van der Waals surface area contributed by atoms with Gasteiger partial charge in [-0.1, -0.05) is 54.6 Å². The second-order valence-corrected chi connectivity index (χ2v) is 5.90. The third kappa shape index (κ3) is 3.18. The van der Waals surface area contributed by atoms with Crippen LogP contribution < -0.4 is 16.8 Å². The van der Waals surface area contributed by atoms with Crippen molar-refractivity contribution in [3.63, 3.8) is 0 Å². The number of nitrogens with two attached hydrogens (primary N) is 2. The quantitative estimate of drug-likeness (QED) is 0.806. The van der Waals surface area contributed by atoms with Gasteiger partial charge < -0.3 is 16.8 Å². The van der Waals surface area contributed by atoms with Crippen molar-refractivity contribution in [3.8, 4) is 11.1 Å². The van der Waals surface area contributed by atoms with E-state index >= 15 is 0 Å². The van der Waals surface area contributed by atoms with Crippen LogP contribution in [0.1, 0.15) is 24.4 Å².